The summed E-state index contributed by atoms with van der Waals surface area (Å²) in [4.78, 5) is 10.2. The van der Waals surface area contributed by atoms with E-state index < -0.39 is 0 Å². The lowest BCUT2D eigenvalue weighted by Crippen LogP contribution is -1.88. The standard InChI is InChI=1S/C5H8O2/c1-4-2-5(6)7-3-4/h4H,2-3H2,1H3/t4-/m0/s1. The molecule has 1 heterocycles. The van der Waals surface area contributed by atoms with Crippen LogP contribution in [0.25, 0.3) is 0 Å². The zero-order valence-corrected chi connectivity index (χ0v) is 4.31. The molecule has 0 amide bonds. The SMILES string of the molecule is C[C@@H]1COC(=O)C1. The number of cyclic esters (lactones) is 1. The second-order valence-electron chi connectivity index (χ2n) is 1.99. The van der Waals surface area contributed by atoms with Gasteiger partial charge in [0.2, 0.25) is 0 Å². The molecule has 1 rings (SSSR count). The van der Waals surface area contributed by atoms with Crippen LogP contribution in [0.4, 0.5) is 0 Å². The Morgan fingerprint density at radius 2 is 2.57 bits per heavy atom. The summed E-state index contributed by atoms with van der Waals surface area (Å²) in [5.41, 5.74) is 0. The molecule has 1 fully saturated rings. The molecule has 0 aromatic heterocycles. The van der Waals surface area contributed by atoms with Crippen molar-refractivity contribution < 1.29 is 9.53 Å². The second kappa shape index (κ2) is 1.52. The van der Waals surface area contributed by atoms with Gasteiger partial charge in [-0.25, -0.2) is 0 Å². The summed E-state index contributed by atoms with van der Waals surface area (Å²) in [6, 6.07) is 0. The number of rotatable bonds is 0. The number of esters is 1. The molecule has 1 atom stereocenters. The van der Waals surface area contributed by atoms with E-state index in [9.17, 15) is 4.79 Å². The number of hydrogen-bond acceptors (Lipinski definition) is 2. The van der Waals surface area contributed by atoms with E-state index in [0.29, 0.717) is 18.9 Å². The van der Waals surface area contributed by atoms with E-state index in [0.717, 1.165) is 0 Å². The zero-order valence-electron chi connectivity index (χ0n) is 4.31. The molecule has 2 heteroatoms. The predicted octanol–water partition coefficient (Wildman–Crippen LogP) is 0.569. The van der Waals surface area contributed by atoms with Gasteiger partial charge in [0.25, 0.3) is 0 Å². The van der Waals surface area contributed by atoms with E-state index in [4.69, 9.17) is 0 Å². The van der Waals surface area contributed by atoms with Crippen molar-refractivity contribution in [3.63, 3.8) is 0 Å². The fourth-order valence-corrected chi connectivity index (χ4v) is 0.638. The summed E-state index contributed by atoms with van der Waals surface area (Å²) in [5, 5.41) is 0. The van der Waals surface area contributed by atoms with Gasteiger partial charge in [-0.05, 0) is 0 Å². The lowest BCUT2D eigenvalue weighted by Gasteiger charge is -1.87. The van der Waals surface area contributed by atoms with Gasteiger partial charge in [-0.2, -0.15) is 0 Å². The van der Waals surface area contributed by atoms with Crippen molar-refractivity contribution in [3.05, 3.63) is 0 Å². The van der Waals surface area contributed by atoms with Crippen LogP contribution in [0.1, 0.15) is 13.3 Å². The van der Waals surface area contributed by atoms with E-state index in [2.05, 4.69) is 4.74 Å². The fourth-order valence-electron chi connectivity index (χ4n) is 0.638. The van der Waals surface area contributed by atoms with Crippen LogP contribution >= 0.6 is 0 Å². The first-order valence-corrected chi connectivity index (χ1v) is 2.44. The van der Waals surface area contributed by atoms with Crippen LogP contribution in [0.3, 0.4) is 0 Å². The summed E-state index contributed by atoms with van der Waals surface area (Å²) in [6.45, 7) is 2.63. The Labute approximate surface area is 42.5 Å². The lowest BCUT2D eigenvalue weighted by molar-refractivity contribution is -0.137. The smallest absolute Gasteiger partial charge is 0.306 e. The van der Waals surface area contributed by atoms with E-state index in [1.165, 1.54) is 0 Å². The third kappa shape index (κ3) is 0.918. The van der Waals surface area contributed by atoms with Gasteiger partial charge in [-0.3, -0.25) is 4.79 Å². The quantitative estimate of drug-likeness (QED) is 0.416. The highest BCUT2D eigenvalue weighted by Gasteiger charge is 2.18. The molecule has 0 aromatic rings. The first kappa shape index (κ1) is 4.62. The summed E-state index contributed by atoms with van der Waals surface area (Å²) in [7, 11) is 0. The molecule has 40 valence electrons. The van der Waals surface area contributed by atoms with Crippen LogP contribution in [-0.4, -0.2) is 12.6 Å². The molecular formula is C5H8O2. The van der Waals surface area contributed by atoms with E-state index in [1.54, 1.807) is 0 Å². The molecular weight excluding hydrogens is 92.1 g/mol. The van der Waals surface area contributed by atoms with Gasteiger partial charge in [0.05, 0.1) is 13.0 Å². The van der Waals surface area contributed by atoms with Crippen molar-refractivity contribution in [3.8, 4) is 0 Å². The highest BCUT2D eigenvalue weighted by molar-refractivity contribution is 5.71. The van der Waals surface area contributed by atoms with Crippen molar-refractivity contribution in [1.29, 1.82) is 0 Å². The maximum atomic E-state index is 10.2. The molecule has 1 aliphatic heterocycles. The molecule has 0 saturated carbocycles. The van der Waals surface area contributed by atoms with Gasteiger partial charge in [0.15, 0.2) is 0 Å². The van der Waals surface area contributed by atoms with Crippen molar-refractivity contribution in [2.75, 3.05) is 6.61 Å². The minimum absolute atomic E-state index is 0.0486. The molecule has 0 aliphatic carbocycles. The molecule has 0 N–H and O–H groups in total. The molecule has 0 bridgehead atoms. The van der Waals surface area contributed by atoms with Crippen molar-refractivity contribution >= 4 is 5.97 Å². The Morgan fingerprint density at radius 1 is 1.86 bits per heavy atom. The Morgan fingerprint density at radius 3 is 2.71 bits per heavy atom. The van der Waals surface area contributed by atoms with Crippen LogP contribution in [-0.2, 0) is 9.53 Å². The van der Waals surface area contributed by atoms with E-state index >= 15 is 0 Å². The third-order valence-corrected chi connectivity index (χ3v) is 1.04. The van der Waals surface area contributed by atoms with Crippen molar-refractivity contribution in [2.45, 2.75) is 13.3 Å². The normalized spacial score (nSPS) is 30.4. The molecule has 7 heavy (non-hydrogen) atoms. The second-order valence-corrected chi connectivity index (χ2v) is 1.99. The largest absolute Gasteiger partial charge is 0.465 e. The Hall–Kier alpha value is -0.530. The maximum Gasteiger partial charge on any atom is 0.306 e. The molecule has 0 aromatic carbocycles. The summed E-state index contributed by atoms with van der Waals surface area (Å²) in [6.07, 6.45) is 0.611. The third-order valence-electron chi connectivity index (χ3n) is 1.04. The molecule has 2 nitrogen and oxygen atoms in total. The summed E-state index contributed by atoms with van der Waals surface area (Å²) in [5.74, 6) is 0.403. The molecule has 0 spiro atoms. The van der Waals surface area contributed by atoms with Gasteiger partial charge < -0.3 is 4.74 Å². The van der Waals surface area contributed by atoms with E-state index in [-0.39, 0.29) is 5.97 Å². The molecule has 0 radical (unpaired) electrons. The minimum atomic E-state index is -0.0486. The average Bonchev–Trinajstić information content (AvgIpc) is 1.87. The minimum Gasteiger partial charge on any atom is -0.465 e. The summed E-state index contributed by atoms with van der Waals surface area (Å²) < 4.78 is 4.63. The van der Waals surface area contributed by atoms with Crippen LogP contribution in [0.2, 0.25) is 0 Å². The first-order chi connectivity index (χ1) is 3.29. The van der Waals surface area contributed by atoms with Gasteiger partial charge in [0, 0.05) is 5.92 Å². The average molecular weight is 100 g/mol. The predicted molar refractivity (Wildman–Crippen MR) is 24.7 cm³/mol. The Balaban J connectivity index is 2.40. The topological polar surface area (TPSA) is 26.3 Å². The molecule has 0 unspecified atom stereocenters. The van der Waals surface area contributed by atoms with Crippen molar-refractivity contribution in [1.82, 2.24) is 0 Å². The van der Waals surface area contributed by atoms with Crippen LogP contribution in [0.5, 0.6) is 0 Å². The number of carbonyl (C=O) groups excluding carboxylic acids is 1. The molecule has 1 aliphatic rings. The van der Waals surface area contributed by atoms with Gasteiger partial charge in [0.1, 0.15) is 0 Å². The number of carbonyl (C=O) groups is 1. The fraction of sp³-hybridized carbons (Fsp3) is 0.800. The number of hydrogen-bond donors (Lipinski definition) is 0. The van der Waals surface area contributed by atoms with Gasteiger partial charge in [-0.1, -0.05) is 6.92 Å². The Bertz CT molecular complexity index is 88.1. The number of ether oxygens (including phenoxy) is 1. The highest BCUT2D eigenvalue weighted by Crippen LogP contribution is 2.11. The maximum absolute atomic E-state index is 10.2. The van der Waals surface area contributed by atoms with Gasteiger partial charge in [-0.15, -0.1) is 0 Å². The van der Waals surface area contributed by atoms with Crippen LogP contribution in [0, 0.1) is 5.92 Å². The monoisotopic (exact) mass is 100 g/mol. The lowest BCUT2D eigenvalue weighted by atomic mass is 10.2. The van der Waals surface area contributed by atoms with Crippen molar-refractivity contribution in [2.24, 2.45) is 5.92 Å². The zero-order chi connectivity index (χ0) is 5.28. The molecule has 1 saturated heterocycles. The van der Waals surface area contributed by atoms with Crippen LogP contribution < -0.4 is 0 Å². The summed E-state index contributed by atoms with van der Waals surface area (Å²) >= 11 is 0. The highest BCUT2D eigenvalue weighted by atomic mass is 16.5. The van der Waals surface area contributed by atoms with Crippen LogP contribution in [0.15, 0.2) is 0 Å². The Kier molecular flexibility index (Phi) is 1.01. The van der Waals surface area contributed by atoms with Gasteiger partial charge >= 0.3 is 5.97 Å². The van der Waals surface area contributed by atoms with E-state index in [1.807, 2.05) is 6.92 Å². The first-order valence-electron chi connectivity index (χ1n) is 2.44.